The molecule has 0 aliphatic carbocycles. The molecule has 2 N–H and O–H groups in total. The van der Waals surface area contributed by atoms with Crippen LogP contribution in [0.4, 0.5) is 13.2 Å². The van der Waals surface area contributed by atoms with E-state index < -0.39 is 18.1 Å². The van der Waals surface area contributed by atoms with Crippen molar-refractivity contribution < 1.29 is 27.9 Å². The second-order valence-corrected chi connectivity index (χ2v) is 5.12. The Hall–Kier alpha value is -2.51. The summed E-state index contributed by atoms with van der Waals surface area (Å²) >= 11 is 0. The van der Waals surface area contributed by atoms with E-state index in [9.17, 15) is 22.8 Å². The minimum atomic E-state index is -4.91. The summed E-state index contributed by atoms with van der Waals surface area (Å²) < 4.78 is 37.6. The molecule has 8 heteroatoms. The van der Waals surface area contributed by atoms with Crippen LogP contribution in [0.5, 0.6) is 0 Å². The Balaban J connectivity index is 2.02. The van der Waals surface area contributed by atoms with E-state index in [4.69, 9.17) is 5.11 Å². The molecule has 1 aromatic heterocycles. The highest BCUT2D eigenvalue weighted by Crippen LogP contribution is 2.30. The fraction of sp³-hybridized carbons (Fsp3) is 0.286. The Morgan fingerprint density at radius 2 is 2.00 bits per heavy atom. The largest absolute Gasteiger partial charge is 0.478 e. The van der Waals surface area contributed by atoms with Crippen LogP contribution in [0.15, 0.2) is 18.2 Å². The van der Waals surface area contributed by atoms with Crippen LogP contribution in [0.2, 0.25) is 0 Å². The number of fused-ring (bicyclic) bond motifs is 3. The summed E-state index contributed by atoms with van der Waals surface area (Å²) in [6, 6.07) is 4.41. The first kappa shape index (κ1) is 14.4. The van der Waals surface area contributed by atoms with Gasteiger partial charge in [0.05, 0.1) is 5.56 Å². The van der Waals surface area contributed by atoms with Crippen molar-refractivity contribution in [3.05, 3.63) is 35.0 Å². The van der Waals surface area contributed by atoms with Crippen LogP contribution < -0.4 is 0 Å². The molecule has 22 heavy (non-hydrogen) atoms. The molecule has 0 unspecified atom stereocenters. The van der Waals surface area contributed by atoms with Crippen molar-refractivity contribution in [3.8, 4) is 0 Å². The smallest absolute Gasteiger partial charge is 0.471 e. The van der Waals surface area contributed by atoms with Gasteiger partial charge in [-0.1, -0.05) is 0 Å². The van der Waals surface area contributed by atoms with Crippen LogP contribution in [-0.4, -0.2) is 39.6 Å². The number of amides is 1. The van der Waals surface area contributed by atoms with E-state index in [0.29, 0.717) is 16.5 Å². The molecule has 116 valence electrons. The monoisotopic (exact) mass is 312 g/mol. The van der Waals surface area contributed by atoms with Gasteiger partial charge in [0.15, 0.2) is 0 Å². The highest BCUT2D eigenvalue weighted by molar-refractivity contribution is 5.95. The van der Waals surface area contributed by atoms with Crippen molar-refractivity contribution in [2.75, 3.05) is 6.54 Å². The number of aromatic carboxylic acids is 1. The first-order chi connectivity index (χ1) is 10.3. The van der Waals surface area contributed by atoms with Crippen molar-refractivity contribution in [1.82, 2.24) is 9.88 Å². The third-order valence-corrected chi connectivity index (χ3v) is 3.75. The number of H-pyrrole nitrogens is 1. The van der Waals surface area contributed by atoms with E-state index in [1.807, 2.05) is 0 Å². The lowest BCUT2D eigenvalue weighted by Crippen LogP contribution is -2.43. The molecule has 0 bridgehead atoms. The summed E-state index contributed by atoms with van der Waals surface area (Å²) in [5.74, 6) is -2.99. The second kappa shape index (κ2) is 4.75. The maximum absolute atomic E-state index is 12.5. The molecule has 0 atom stereocenters. The molecule has 2 heterocycles. The topological polar surface area (TPSA) is 73.4 Å². The molecular weight excluding hydrogens is 301 g/mol. The number of nitrogens with zero attached hydrogens (tertiary/aromatic N) is 1. The van der Waals surface area contributed by atoms with Gasteiger partial charge >= 0.3 is 18.1 Å². The zero-order valence-corrected chi connectivity index (χ0v) is 11.2. The molecule has 0 saturated heterocycles. The number of rotatable bonds is 1. The van der Waals surface area contributed by atoms with Gasteiger partial charge < -0.3 is 15.0 Å². The normalized spacial score (nSPS) is 15.0. The van der Waals surface area contributed by atoms with E-state index in [1.54, 1.807) is 6.07 Å². The van der Waals surface area contributed by atoms with Gasteiger partial charge in [-0.15, -0.1) is 0 Å². The lowest BCUT2D eigenvalue weighted by atomic mass is 10.0. The number of nitrogens with one attached hydrogen (secondary N) is 1. The number of carbonyl (C=O) groups excluding carboxylic acids is 1. The SMILES string of the molecule is O=C(O)c1ccc2[nH]c3c(c2c1)CN(C(=O)C(F)(F)F)CC3. The zero-order valence-electron chi connectivity index (χ0n) is 11.2. The average Bonchev–Trinajstić information content (AvgIpc) is 2.82. The number of aromatic nitrogens is 1. The molecule has 3 rings (SSSR count). The van der Waals surface area contributed by atoms with Gasteiger partial charge in [-0.25, -0.2) is 4.79 Å². The van der Waals surface area contributed by atoms with Crippen LogP contribution in [0.3, 0.4) is 0 Å². The molecule has 5 nitrogen and oxygen atoms in total. The zero-order chi connectivity index (χ0) is 16.1. The Labute approximate surface area is 122 Å². The van der Waals surface area contributed by atoms with Gasteiger partial charge in [0, 0.05) is 41.7 Å². The third-order valence-electron chi connectivity index (χ3n) is 3.75. The quantitative estimate of drug-likeness (QED) is 0.848. The number of carboxylic acids is 1. The maximum atomic E-state index is 12.5. The van der Waals surface area contributed by atoms with E-state index in [1.165, 1.54) is 12.1 Å². The summed E-state index contributed by atoms with van der Waals surface area (Å²) in [6.07, 6.45) is -4.63. The van der Waals surface area contributed by atoms with Gasteiger partial charge in [0.2, 0.25) is 0 Å². The van der Waals surface area contributed by atoms with Crippen LogP contribution in [-0.2, 0) is 17.8 Å². The summed E-state index contributed by atoms with van der Waals surface area (Å²) in [5, 5.41) is 9.55. The van der Waals surface area contributed by atoms with Crippen LogP contribution in [0.1, 0.15) is 21.6 Å². The number of hydrogen-bond donors (Lipinski definition) is 2. The Bertz CT molecular complexity index is 779. The molecule has 0 saturated carbocycles. The van der Waals surface area contributed by atoms with Crippen LogP contribution >= 0.6 is 0 Å². The van der Waals surface area contributed by atoms with E-state index >= 15 is 0 Å². The summed E-state index contributed by atoms with van der Waals surface area (Å²) in [7, 11) is 0. The molecule has 1 aromatic carbocycles. The maximum Gasteiger partial charge on any atom is 0.471 e. The van der Waals surface area contributed by atoms with Gasteiger partial charge in [-0.2, -0.15) is 13.2 Å². The van der Waals surface area contributed by atoms with Crippen molar-refractivity contribution >= 4 is 22.8 Å². The van der Waals surface area contributed by atoms with E-state index in [-0.39, 0.29) is 25.1 Å². The predicted molar refractivity (Wildman–Crippen MR) is 70.4 cm³/mol. The minimum Gasteiger partial charge on any atom is -0.478 e. The third kappa shape index (κ3) is 2.30. The standard InChI is InChI=1S/C14H11F3N2O3/c15-14(16,17)13(22)19-4-3-11-9(6-19)8-5-7(12(20)21)1-2-10(8)18-11/h1-2,5,18H,3-4,6H2,(H,20,21). The van der Waals surface area contributed by atoms with Gasteiger partial charge in [0.1, 0.15) is 0 Å². The van der Waals surface area contributed by atoms with Gasteiger partial charge in [-0.3, -0.25) is 4.79 Å². The number of hydrogen-bond acceptors (Lipinski definition) is 2. The number of alkyl halides is 3. The Morgan fingerprint density at radius 1 is 1.27 bits per heavy atom. The minimum absolute atomic E-state index is 0.0239. The second-order valence-electron chi connectivity index (χ2n) is 5.12. The fourth-order valence-electron chi connectivity index (χ4n) is 2.70. The van der Waals surface area contributed by atoms with E-state index in [0.717, 1.165) is 10.6 Å². The van der Waals surface area contributed by atoms with Gasteiger partial charge in [0.25, 0.3) is 0 Å². The summed E-state index contributed by atoms with van der Waals surface area (Å²) in [6.45, 7) is -0.208. The molecule has 0 spiro atoms. The molecule has 1 aliphatic heterocycles. The summed E-state index contributed by atoms with van der Waals surface area (Å²) in [4.78, 5) is 26.2. The molecule has 0 radical (unpaired) electrons. The lowest BCUT2D eigenvalue weighted by molar-refractivity contribution is -0.186. The lowest BCUT2D eigenvalue weighted by Gasteiger charge is -2.27. The molecule has 1 aliphatic rings. The Morgan fingerprint density at radius 3 is 2.64 bits per heavy atom. The van der Waals surface area contributed by atoms with Crippen molar-refractivity contribution in [2.24, 2.45) is 0 Å². The van der Waals surface area contributed by atoms with Crippen LogP contribution in [0.25, 0.3) is 10.9 Å². The number of carboxylic acid groups (broad SMARTS) is 1. The number of aromatic amines is 1. The predicted octanol–water partition coefficient (Wildman–Crippen LogP) is 2.31. The molecule has 2 aromatic rings. The first-order valence-corrected chi connectivity index (χ1v) is 6.50. The number of carbonyl (C=O) groups is 2. The van der Waals surface area contributed by atoms with Crippen LogP contribution in [0, 0.1) is 0 Å². The van der Waals surface area contributed by atoms with Gasteiger partial charge in [-0.05, 0) is 18.2 Å². The molecule has 0 fully saturated rings. The van der Waals surface area contributed by atoms with E-state index in [2.05, 4.69) is 4.98 Å². The Kier molecular flexibility index (Phi) is 3.12. The first-order valence-electron chi connectivity index (χ1n) is 6.50. The highest BCUT2D eigenvalue weighted by Gasteiger charge is 2.43. The van der Waals surface area contributed by atoms with Crippen molar-refractivity contribution in [1.29, 1.82) is 0 Å². The fourth-order valence-corrected chi connectivity index (χ4v) is 2.70. The number of halogens is 3. The van der Waals surface area contributed by atoms with Crippen molar-refractivity contribution in [2.45, 2.75) is 19.1 Å². The van der Waals surface area contributed by atoms with Crippen molar-refractivity contribution in [3.63, 3.8) is 0 Å². The summed E-state index contributed by atoms with van der Waals surface area (Å²) in [5.41, 5.74) is 1.98. The number of benzene rings is 1. The average molecular weight is 312 g/mol. The molecule has 1 amide bonds. The highest BCUT2D eigenvalue weighted by atomic mass is 19.4. The molecular formula is C14H11F3N2O3.